The highest BCUT2D eigenvalue weighted by Gasteiger charge is 2.33. The molecular weight excluding hydrogens is 434 g/mol. The molecule has 3 aromatic heterocycles. The van der Waals surface area contributed by atoms with Crippen LogP contribution in [0.25, 0.3) is 11.0 Å². The first-order valence-electron chi connectivity index (χ1n) is 11.3. The van der Waals surface area contributed by atoms with Crippen LogP contribution in [0.2, 0.25) is 0 Å². The van der Waals surface area contributed by atoms with Crippen LogP contribution in [0.1, 0.15) is 24.0 Å². The molecule has 0 amide bonds. The van der Waals surface area contributed by atoms with Gasteiger partial charge in [-0.1, -0.05) is 24.3 Å². The largest absolute Gasteiger partial charge is 0.459 e. The summed E-state index contributed by atoms with van der Waals surface area (Å²) >= 11 is 0. The summed E-state index contributed by atoms with van der Waals surface area (Å²) in [7, 11) is 1.75. The van der Waals surface area contributed by atoms with Gasteiger partial charge in [0.25, 0.3) is 5.56 Å². The molecule has 1 saturated heterocycles. The molecule has 4 aromatic rings. The number of aliphatic hydroxyl groups is 1. The number of ether oxygens (including phenoxy) is 1. The standard InChI is InChI=1S/C24H27N7O3/c1-29-21-20(13-28-29)22(32)31(17-27-21)16-24(33)7-11-30(12-8-24)14-18-3-5-19(6-4-18)15-34-23-25-9-2-10-26-23/h2-6,9-10,13,17,33H,7-8,11-12,14-16H2,1H3. The second-order valence-corrected chi connectivity index (χ2v) is 8.82. The van der Waals surface area contributed by atoms with E-state index in [0.717, 1.165) is 25.2 Å². The van der Waals surface area contributed by atoms with Gasteiger partial charge in [-0.05, 0) is 30.0 Å². The lowest BCUT2D eigenvalue weighted by atomic mass is 9.91. The van der Waals surface area contributed by atoms with E-state index in [-0.39, 0.29) is 12.1 Å². The van der Waals surface area contributed by atoms with Crippen molar-refractivity contribution in [3.8, 4) is 6.01 Å². The van der Waals surface area contributed by atoms with Crippen LogP contribution in [0.3, 0.4) is 0 Å². The number of nitrogens with zero attached hydrogens (tertiary/aromatic N) is 7. The fourth-order valence-corrected chi connectivity index (χ4v) is 4.29. The summed E-state index contributed by atoms with van der Waals surface area (Å²) in [5.74, 6) is 0. The molecule has 0 spiro atoms. The number of benzene rings is 1. The van der Waals surface area contributed by atoms with E-state index in [2.05, 4.69) is 37.1 Å². The first-order chi connectivity index (χ1) is 16.5. The first kappa shape index (κ1) is 22.2. The summed E-state index contributed by atoms with van der Waals surface area (Å²) in [5.41, 5.74) is 1.70. The van der Waals surface area contributed by atoms with Crippen molar-refractivity contribution in [2.45, 2.75) is 38.1 Å². The number of fused-ring (bicyclic) bond motifs is 1. The van der Waals surface area contributed by atoms with Crippen LogP contribution < -0.4 is 10.3 Å². The van der Waals surface area contributed by atoms with E-state index in [0.29, 0.717) is 36.5 Å². The summed E-state index contributed by atoms with van der Waals surface area (Å²) in [6, 6.07) is 10.4. The molecule has 10 nitrogen and oxygen atoms in total. The normalized spacial score (nSPS) is 16.1. The second-order valence-electron chi connectivity index (χ2n) is 8.82. The van der Waals surface area contributed by atoms with Crippen molar-refractivity contribution >= 4 is 11.0 Å². The molecular formula is C24H27N7O3. The Morgan fingerprint density at radius 1 is 1.06 bits per heavy atom. The molecule has 4 heterocycles. The summed E-state index contributed by atoms with van der Waals surface area (Å²) in [5, 5.41) is 15.7. The Bertz CT molecular complexity index is 1310. The van der Waals surface area contributed by atoms with Crippen molar-refractivity contribution in [3.05, 3.63) is 76.7 Å². The van der Waals surface area contributed by atoms with E-state index in [1.807, 2.05) is 12.1 Å². The molecule has 10 heteroatoms. The fraction of sp³-hybridized carbons (Fsp3) is 0.375. The quantitative estimate of drug-likeness (QED) is 0.441. The zero-order valence-corrected chi connectivity index (χ0v) is 19.0. The zero-order valence-electron chi connectivity index (χ0n) is 19.0. The number of hydrogen-bond acceptors (Lipinski definition) is 8. The average molecular weight is 462 g/mol. The predicted octanol–water partition coefficient (Wildman–Crippen LogP) is 1.53. The Labute approximate surface area is 196 Å². The van der Waals surface area contributed by atoms with Gasteiger partial charge in [0, 0.05) is 39.1 Å². The molecule has 1 fully saturated rings. The molecule has 176 valence electrons. The van der Waals surface area contributed by atoms with Gasteiger partial charge < -0.3 is 9.84 Å². The third kappa shape index (κ3) is 4.82. The molecule has 0 radical (unpaired) electrons. The molecule has 0 aliphatic carbocycles. The second kappa shape index (κ2) is 9.32. The van der Waals surface area contributed by atoms with E-state index in [4.69, 9.17) is 4.74 Å². The summed E-state index contributed by atoms with van der Waals surface area (Å²) < 4.78 is 8.67. The van der Waals surface area contributed by atoms with Gasteiger partial charge >= 0.3 is 6.01 Å². The fourth-order valence-electron chi connectivity index (χ4n) is 4.29. The molecule has 1 aliphatic heterocycles. The van der Waals surface area contributed by atoms with Gasteiger partial charge in [0.15, 0.2) is 5.65 Å². The third-order valence-electron chi connectivity index (χ3n) is 6.31. The minimum atomic E-state index is -0.932. The molecule has 0 unspecified atom stereocenters. The number of rotatable bonds is 7. The average Bonchev–Trinajstić information content (AvgIpc) is 3.24. The number of piperidine rings is 1. The van der Waals surface area contributed by atoms with Crippen LogP contribution in [-0.2, 0) is 26.7 Å². The molecule has 1 aliphatic rings. The van der Waals surface area contributed by atoms with Gasteiger partial charge in [-0.15, -0.1) is 0 Å². The third-order valence-corrected chi connectivity index (χ3v) is 6.31. The van der Waals surface area contributed by atoms with Crippen molar-refractivity contribution < 1.29 is 9.84 Å². The number of likely N-dealkylation sites (tertiary alicyclic amines) is 1. The SMILES string of the molecule is Cn1ncc2c(=O)n(CC3(O)CCN(Cc4ccc(COc5ncccn5)cc4)CC3)cnc21. The maximum absolute atomic E-state index is 12.8. The highest BCUT2D eigenvalue weighted by molar-refractivity contribution is 5.72. The highest BCUT2D eigenvalue weighted by Crippen LogP contribution is 2.25. The molecule has 0 saturated carbocycles. The minimum Gasteiger partial charge on any atom is -0.459 e. The van der Waals surface area contributed by atoms with Crippen LogP contribution in [0.15, 0.2) is 60.0 Å². The smallest absolute Gasteiger partial charge is 0.316 e. The van der Waals surface area contributed by atoms with Crippen LogP contribution >= 0.6 is 0 Å². The van der Waals surface area contributed by atoms with Crippen molar-refractivity contribution in [3.63, 3.8) is 0 Å². The topological polar surface area (TPSA) is 111 Å². The zero-order chi connectivity index (χ0) is 23.5. The molecule has 34 heavy (non-hydrogen) atoms. The van der Waals surface area contributed by atoms with Crippen molar-refractivity contribution in [2.24, 2.45) is 7.05 Å². The van der Waals surface area contributed by atoms with Gasteiger partial charge in [-0.2, -0.15) is 5.10 Å². The van der Waals surface area contributed by atoms with Gasteiger partial charge in [0.05, 0.1) is 18.3 Å². The van der Waals surface area contributed by atoms with Gasteiger partial charge in [0.1, 0.15) is 18.3 Å². The summed E-state index contributed by atoms with van der Waals surface area (Å²) in [4.78, 5) is 27.5. The number of hydrogen-bond donors (Lipinski definition) is 1. The van der Waals surface area contributed by atoms with Gasteiger partial charge in [-0.25, -0.2) is 15.0 Å². The summed E-state index contributed by atoms with van der Waals surface area (Å²) in [6.45, 7) is 2.97. The lowest BCUT2D eigenvalue weighted by molar-refractivity contribution is -0.0364. The number of aryl methyl sites for hydroxylation is 1. The maximum Gasteiger partial charge on any atom is 0.316 e. The highest BCUT2D eigenvalue weighted by atomic mass is 16.5. The molecule has 0 atom stereocenters. The van der Waals surface area contributed by atoms with Crippen LogP contribution in [-0.4, -0.2) is 58.0 Å². The maximum atomic E-state index is 12.8. The lowest BCUT2D eigenvalue weighted by Gasteiger charge is -2.38. The molecule has 0 bridgehead atoms. The Morgan fingerprint density at radius 3 is 2.50 bits per heavy atom. The van der Waals surface area contributed by atoms with Gasteiger partial charge in [-0.3, -0.25) is 18.9 Å². The monoisotopic (exact) mass is 461 g/mol. The Kier molecular flexibility index (Phi) is 6.08. The van der Waals surface area contributed by atoms with Crippen LogP contribution in [0.4, 0.5) is 0 Å². The van der Waals surface area contributed by atoms with E-state index in [9.17, 15) is 9.90 Å². The van der Waals surface area contributed by atoms with Gasteiger partial charge in [0.2, 0.25) is 0 Å². The van der Waals surface area contributed by atoms with Crippen molar-refractivity contribution in [1.29, 1.82) is 0 Å². The lowest BCUT2D eigenvalue weighted by Crippen LogP contribution is -2.47. The predicted molar refractivity (Wildman–Crippen MR) is 125 cm³/mol. The van der Waals surface area contributed by atoms with Crippen molar-refractivity contribution in [2.75, 3.05) is 13.1 Å². The first-order valence-corrected chi connectivity index (χ1v) is 11.3. The molecule has 1 N–H and O–H groups in total. The van der Waals surface area contributed by atoms with Crippen molar-refractivity contribution in [1.82, 2.24) is 34.2 Å². The number of aromatic nitrogens is 6. The van der Waals surface area contributed by atoms with Crippen LogP contribution in [0.5, 0.6) is 6.01 Å². The summed E-state index contributed by atoms with van der Waals surface area (Å²) in [6.07, 6.45) is 7.52. The van der Waals surface area contributed by atoms with E-state index in [1.54, 1.807) is 30.2 Å². The Balaban J connectivity index is 1.14. The molecule has 1 aromatic carbocycles. The minimum absolute atomic E-state index is 0.170. The van der Waals surface area contributed by atoms with E-state index < -0.39 is 5.60 Å². The Hall–Kier alpha value is -3.63. The Morgan fingerprint density at radius 2 is 1.76 bits per heavy atom. The van der Waals surface area contributed by atoms with Crippen LogP contribution in [0, 0.1) is 0 Å². The van der Waals surface area contributed by atoms with E-state index in [1.165, 1.54) is 22.7 Å². The molecule has 5 rings (SSSR count). The van der Waals surface area contributed by atoms with E-state index >= 15 is 0 Å².